The fourth-order valence-corrected chi connectivity index (χ4v) is 4.27. The van der Waals surface area contributed by atoms with E-state index in [0.717, 1.165) is 33.7 Å². The highest BCUT2D eigenvalue weighted by Crippen LogP contribution is 2.29. The van der Waals surface area contributed by atoms with Gasteiger partial charge in [0.2, 0.25) is 5.91 Å². The van der Waals surface area contributed by atoms with Gasteiger partial charge in [-0.25, -0.2) is 0 Å². The second kappa shape index (κ2) is 7.16. The number of amides is 4. The molecule has 1 aromatic rings. The van der Waals surface area contributed by atoms with Crippen LogP contribution in [0, 0.1) is 0 Å². The number of nitrogens with zero attached hydrogens (tertiary/aromatic N) is 2. The molecular weight excluding hydrogens is 418 g/mol. The molecule has 7 nitrogen and oxygen atoms in total. The number of carbonyl (C=O) groups excluding carboxylic acids is 4. The van der Waals surface area contributed by atoms with Crippen LogP contribution < -0.4 is 10.2 Å². The lowest BCUT2D eigenvalue weighted by molar-refractivity contribution is -0.124. The van der Waals surface area contributed by atoms with Crippen molar-refractivity contribution in [1.82, 2.24) is 10.2 Å². The second-order valence-corrected chi connectivity index (χ2v) is 7.91. The highest BCUT2D eigenvalue weighted by molar-refractivity contribution is 9.10. The summed E-state index contributed by atoms with van der Waals surface area (Å²) in [5.41, 5.74) is 0.729. The van der Waals surface area contributed by atoms with Gasteiger partial charge in [0.05, 0.1) is 5.75 Å². The maximum atomic E-state index is 12.0. The van der Waals surface area contributed by atoms with Crippen LogP contribution in [-0.2, 0) is 9.59 Å². The first kappa shape index (κ1) is 17.3. The number of hydrogen-bond acceptors (Lipinski definition) is 7. The zero-order valence-corrected chi connectivity index (χ0v) is 15.4. The van der Waals surface area contributed by atoms with Crippen LogP contribution in [0.4, 0.5) is 15.3 Å². The summed E-state index contributed by atoms with van der Waals surface area (Å²) in [7, 11) is 0. The van der Waals surface area contributed by atoms with Gasteiger partial charge in [-0.3, -0.25) is 29.4 Å². The first-order valence-electron chi connectivity index (χ1n) is 6.96. The largest absolute Gasteiger partial charge is 0.349 e. The van der Waals surface area contributed by atoms with Gasteiger partial charge in [-0.1, -0.05) is 27.7 Å². The van der Waals surface area contributed by atoms with Gasteiger partial charge in [-0.05, 0) is 36.0 Å². The number of benzene rings is 1. The highest BCUT2D eigenvalue weighted by Gasteiger charge is 2.38. The molecule has 0 saturated carbocycles. The smallest absolute Gasteiger partial charge is 0.288 e. The molecule has 0 radical (unpaired) electrons. The van der Waals surface area contributed by atoms with E-state index in [1.165, 1.54) is 4.90 Å². The number of nitrogens with one attached hydrogen (secondary N) is 1. The Labute approximate surface area is 154 Å². The highest BCUT2D eigenvalue weighted by atomic mass is 79.9. The normalized spacial score (nSPS) is 20.7. The monoisotopic (exact) mass is 429 g/mol. The third kappa shape index (κ3) is 3.60. The van der Waals surface area contributed by atoms with Gasteiger partial charge in [-0.15, -0.1) is 0 Å². The molecule has 0 aromatic heterocycles. The van der Waals surface area contributed by atoms with Crippen LogP contribution in [0.1, 0.15) is 0 Å². The average Bonchev–Trinajstić information content (AvgIpc) is 3.04. The molecule has 3 rings (SSSR count). The van der Waals surface area contributed by atoms with E-state index in [-0.39, 0.29) is 30.0 Å². The number of imide groups is 2. The summed E-state index contributed by atoms with van der Waals surface area (Å²) < 4.78 is 0.882. The third-order valence-electron chi connectivity index (χ3n) is 3.51. The Morgan fingerprint density at radius 3 is 2.46 bits per heavy atom. The zero-order chi connectivity index (χ0) is 17.3. The quantitative estimate of drug-likeness (QED) is 0.767. The summed E-state index contributed by atoms with van der Waals surface area (Å²) in [5, 5.41) is 0.845. The molecular formula is C14H12BrN3O4S2. The Bertz CT molecular complexity index is 696. The first-order chi connectivity index (χ1) is 11.5. The molecule has 24 heavy (non-hydrogen) atoms. The van der Waals surface area contributed by atoms with Crippen molar-refractivity contribution in [2.24, 2.45) is 0 Å². The lowest BCUT2D eigenvalue weighted by Gasteiger charge is -2.29. The van der Waals surface area contributed by atoms with Crippen molar-refractivity contribution in [3.8, 4) is 0 Å². The average molecular weight is 430 g/mol. The minimum Gasteiger partial charge on any atom is -0.349 e. The molecule has 2 aliphatic heterocycles. The summed E-state index contributed by atoms with van der Waals surface area (Å²) >= 11 is 5.21. The van der Waals surface area contributed by atoms with Crippen molar-refractivity contribution in [1.29, 1.82) is 0 Å². The van der Waals surface area contributed by atoms with Crippen LogP contribution in [0.5, 0.6) is 0 Å². The summed E-state index contributed by atoms with van der Waals surface area (Å²) in [4.78, 5) is 49.9. The van der Waals surface area contributed by atoms with E-state index in [0.29, 0.717) is 0 Å². The van der Waals surface area contributed by atoms with Gasteiger partial charge >= 0.3 is 0 Å². The Kier molecular flexibility index (Phi) is 5.16. The fraction of sp³-hybridized carbons (Fsp3) is 0.286. The van der Waals surface area contributed by atoms with Gasteiger partial charge < -0.3 is 4.90 Å². The predicted octanol–water partition coefficient (Wildman–Crippen LogP) is 2.26. The van der Waals surface area contributed by atoms with Gasteiger partial charge in [0.15, 0.2) is 5.37 Å². The van der Waals surface area contributed by atoms with Crippen LogP contribution in [0.25, 0.3) is 0 Å². The number of hydrogen-bond donors (Lipinski definition) is 1. The minimum atomic E-state index is -0.723. The summed E-state index contributed by atoms with van der Waals surface area (Å²) in [6.07, 6.45) is 0. The lowest BCUT2D eigenvalue weighted by atomic mass is 10.2. The van der Waals surface area contributed by atoms with Crippen LogP contribution in [0.15, 0.2) is 28.7 Å². The fourth-order valence-electron chi connectivity index (χ4n) is 2.37. The molecule has 2 heterocycles. The Morgan fingerprint density at radius 1 is 1.21 bits per heavy atom. The standard InChI is InChI=1S/C14H12BrN3O4S2/c15-8-1-3-9(4-2-8)17(12-11(20)16-13(21)24-12)5-6-18-10(19)7-23-14(18)22/h1-4,12H,5-7H2,(H,16,20,21). The number of thioether (sulfide) groups is 2. The number of rotatable bonds is 5. The first-order valence-corrected chi connectivity index (χ1v) is 9.62. The van der Waals surface area contributed by atoms with Crippen molar-refractivity contribution >= 4 is 67.4 Å². The van der Waals surface area contributed by atoms with E-state index < -0.39 is 16.5 Å². The van der Waals surface area contributed by atoms with Gasteiger partial charge in [0, 0.05) is 23.2 Å². The van der Waals surface area contributed by atoms with Crippen LogP contribution in [-0.4, -0.2) is 51.4 Å². The summed E-state index contributed by atoms with van der Waals surface area (Å²) in [5.74, 6) is -0.490. The van der Waals surface area contributed by atoms with Crippen molar-refractivity contribution in [3.05, 3.63) is 28.7 Å². The molecule has 2 saturated heterocycles. The molecule has 0 aliphatic carbocycles. The van der Waals surface area contributed by atoms with E-state index in [1.54, 1.807) is 4.90 Å². The molecule has 1 aromatic carbocycles. The molecule has 4 amide bonds. The molecule has 2 aliphatic rings. The van der Waals surface area contributed by atoms with Gasteiger partial charge in [-0.2, -0.15) is 0 Å². The van der Waals surface area contributed by atoms with Crippen molar-refractivity contribution in [3.63, 3.8) is 0 Å². The topological polar surface area (TPSA) is 86.8 Å². The van der Waals surface area contributed by atoms with Crippen molar-refractivity contribution in [2.45, 2.75) is 5.37 Å². The molecule has 1 N–H and O–H groups in total. The summed E-state index contributed by atoms with van der Waals surface area (Å²) in [6.45, 7) is 0.428. The van der Waals surface area contributed by atoms with Gasteiger partial charge in [0.25, 0.3) is 16.4 Å². The SMILES string of the molecule is O=C1NC(=O)C(N(CCN2C(=O)CSC2=O)c2ccc(Br)cc2)S1. The molecule has 1 atom stereocenters. The minimum absolute atomic E-state index is 0.147. The van der Waals surface area contributed by atoms with E-state index >= 15 is 0 Å². The zero-order valence-electron chi connectivity index (χ0n) is 12.2. The Hall–Kier alpha value is -1.52. The van der Waals surface area contributed by atoms with E-state index in [4.69, 9.17) is 0 Å². The maximum Gasteiger partial charge on any atom is 0.288 e. The molecule has 1 unspecified atom stereocenters. The van der Waals surface area contributed by atoms with E-state index in [2.05, 4.69) is 21.2 Å². The molecule has 126 valence electrons. The van der Waals surface area contributed by atoms with Crippen molar-refractivity contribution in [2.75, 3.05) is 23.7 Å². The number of halogens is 1. The second-order valence-electron chi connectivity index (χ2n) is 5.02. The van der Waals surface area contributed by atoms with Gasteiger partial charge in [0.1, 0.15) is 0 Å². The molecule has 0 bridgehead atoms. The Balaban J connectivity index is 1.80. The third-order valence-corrected chi connectivity index (χ3v) is 5.91. The maximum absolute atomic E-state index is 12.0. The molecule has 10 heteroatoms. The van der Waals surface area contributed by atoms with Crippen LogP contribution in [0.2, 0.25) is 0 Å². The van der Waals surface area contributed by atoms with E-state index in [1.807, 2.05) is 24.3 Å². The predicted molar refractivity (Wildman–Crippen MR) is 96.0 cm³/mol. The molecule has 0 spiro atoms. The van der Waals surface area contributed by atoms with Crippen LogP contribution >= 0.6 is 39.5 Å². The lowest BCUT2D eigenvalue weighted by Crippen LogP contribution is -2.44. The Morgan fingerprint density at radius 2 is 1.92 bits per heavy atom. The molecule has 2 fully saturated rings. The van der Waals surface area contributed by atoms with E-state index in [9.17, 15) is 19.2 Å². The van der Waals surface area contributed by atoms with Crippen molar-refractivity contribution < 1.29 is 19.2 Å². The summed E-state index contributed by atoms with van der Waals surface area (Å²) in [6, 6.07) is 7.26. The van der Waals surface area contributed by atoms with Crippen LogP contribution in [0.3, 0.4) is 0 Å². The number of carbonyl (C=O) groups is 4. The number of anilines is 1.